The lowest BCUT2D eigenvalue weighted by Gasteiger charge is -2.09. The van der Waals surface area contributed by atoms with Gasteiger partial charge in [-0.3, -0.25) is 4.79 Å². The summed E-state index contributed by atoms with van der Waals surface area (Å²) in [6, 6.07) is 5.22. The van der Waals surface area contributed by atoms with Crippen molar-refractivity contribution in [3.05, 3.63) is 29.3 Å². The maximum absolute atomic E-state index is 12.2. The molecule has 1 amide bonds. The smallest absolute Gasteiger partial charge is 0.255 e. The van der Waals surface area contributed by atoms with Gasteiger partial charge >= 0.3 is 0 Å². The van der Waals surface area contributed by atoms with Crippen molar-refractivity contribution < 1.29 is 9.90 Å². The zero-order valence-corrected chi connectivity index (χ0v) is 11.7. The lowest BCUT2D eigenvalue weighted by molar-refractivity contribution is 0.0941. The number of benzene rings is 1. The number of aryl methyl sites for hydroxylation is 1. The van der Waals surface area contributed by atoms with Crippen LogP contribution in [0.3, 0.4) is 0 Å². The molecule has 0 unspecified atom stereocenters. The number of phenols is 1. The SMILES string of the molecule is Cc1ccc(O)c(C(=O)NC2C(C)(C)C2(C)C)c1. The van der Waals surface area contributed by atoms with E-state index in [1.54, 1.807) is 18.2 Å². The topological polar surface area (TPSA) is 49.3 Å². The number of phenolic OH excluding ortho intramolecular Hbond substituents is 1. The minimum absolute atomic E-state index is 0.0364. The Kier molecular flexibility index (Phi) is 2.69. The number of carbonyl (C=O) groups is 1. The number of nitrogens with one attached hydrogen (secondary N) is 1. The Morgan fingerprint density at radius 2 is 1.78 bits per heavy atom. The highest BCUT2D eigenvalue weighted by Gasteiger charge is 2.65. The van der Waals surface area contributed by atoms with Crippen LogP contribution in [0.25, 0.3) is 0 Å². The summed E-state index contributed by atoms with van der Waals surface area (Å²) < 4.78 is 0. The molecule has 1 fully saturated rings. The normalized spacial score (nSPS) is 20.5. The van der Waals surface area contributed by atoms with Crippen molar-refractivity contribution in [2.45, 2.75) is 40.7 Å². The molecule has 1 aromatic carbocycles. The van der Waals surface area contributed by atoms with Crippen LogP contribution in [-0.4, -0.2) is 17.1 Å². The number of rotatable bonds is 2. The molecule has 0 aliphatic heterocycles. The summed E-state index contributed by atoms with van der Waals surface area (Å²) in [5.74, 6) is -0.158. The van der Waals surface area contributed by atoms with E-state index in [2.05, 4.69) is 33.0 Å². The second-order valence-corrected chi connectivity index (χ2v) is 6.37. The third kappa shape index (κ3) is 1.78. The van der Waals surface area contributed by atoms with E-state index < -0.39 is 0 Å². The zero-order chi connectivity index (χ0) is 13.7. The van der Waals surface area contributed by atoms with Gasteiger partial charge in [-0.25, -0.2) is 0 Å². The van der Waals surface area contributed by atoms with Crippen LogP contribution in [0.5, 0.6) is 5.75 Å². The van der Waals surface area contributed by atoms with Crippen molar-refractivity contribution in [1.82, 2.24) is 5.32 Å². The summed E-state index contributed by atoms with van der Waals surface area (Å²) in [6.07, 6.45) is 0. The quantitative estimate of drug-likeness (QED) is 0.844. The molecule has 1 aromatic rings. The average Bonchev–Trinajstić information content (AvgIpc) is 2.64. The molecule has 1 aliphatic rings. The molecule has 3 nitrogen and oxygen atoms in total. The monoisotopic (exact) mass is 247 g/mol. The molecule has 0 radical (unpaired) electrons. The fourth-order valence-electron chi connectivity index (χ4n) is 2.60. The minimum Gasteiger partial charge on any atom is -0.507 e. The molecule has 0 atom stereocenters. The first-order valence-corrected chi connectivity index (χ1v) is 6.28. The molecule has 3 heteroatoms. The van der Waals surface area contributed by atoms with Crippen LogP contribution in [0.2, 0.25) is 0 Å². The van der Waals surface area contributed by atoms with Gasteiger partial charge < -0.3 is 10.4 Å². The van der Waals surface area contributed by atoms with Crippen LogP contribution < -0.4 is 5.32 Å². The first-order chi connectivity index (χ1) is 8.18. The minimum atomic E-state index is -0.195. The Labute approximate surface area is 108 Å². The van der Waals surface area contributed by atoms with Crippen molar-refractivity contribution in [2.75, 3.05) is 0 Å². The van der Waals surface area contributed by atoms with Gasteiger partial charge in [0.2, 0.25) is 0 Å². The van der Waals surface area contributed by atoms with E-state index in [9.17, 15) is 9.90 Å². The third-order valence-electron chi connectivity index (χ3n) is 4.69. The maximum Gasteiger partial charge on any atom is 0.255 e. The number of hydrogen-bond acceptors (Lipinski definition) is 2. The van der Waals surface area contributed by atoms with E-state index in [4.69, 9.17) is 0 Å². The predicted molar refractivity (Wildman–Crippen MR) is 71.7 cm³/mol. The predicted octanol–water partition coefficient (Wildman–Crippen LogP) is 2.87. The zero-order valence-electron chi connectivity index (χ0n) is 11.7. The molecule has 1 aliphatic carbocycles. The average molecular weight is 247 g/mol. The lowest BCUT2D eigenvalue weighted by atomic mass is 10.0. The van der Waals surface area contributed by atoms with Crippen molar-refractivity contribution in [3.8, 4) is 5.75 Å². The fraction of sp³-hybridized carbons (Fsp3) is 0.533. The molecule has 1 saturated carbocycles. The lowest BCUT2D eigenvalue weighted by Crippen LogP contribution is -2.29. The molecular weight excluding hydrogens is 226 g/mol. The van der Waals surface area contributed by atoms with Crippen molar-refractivity contribution in [3.63, 3.8) is 0 Å². The Balaban J connectivity index is 2.17. The van der Waals surface area contributed by atoms with E-state index in [1.807, 2.05) is 6.92 Å². The largest absolute Gasteiger partial charge is 0.507 e. The molecule has 98 valence electrons. The van der Waals surface area contributed by atoms with Crippen LogP contribution in [0.1, 0.15) is 43.6 Å². The van der Waals surface area contributed by atoms with E-state index in [0.29, 0.717) is 5.56 Å². The number of carbonyl (C=O) groups excluding carboxylic acids is 1. The summed E-state index contributed by atoms with van der Waals surface area (Å²) in [4.78, 5) is 12.2. The molecule has 0 spiro atoms. The van der Waals surface area contributed by atoms with Gasteiger partial charge in [-0.15, -0.1) is 0 Å². The van der Waals surface area contributed by atoms with Crippen LogP contribution in [-0.2, 0) is 0 Å². The Morgan fingerprint density at radius 3 is 2.28 bits per heavy atom. The van der Waals surface area contributed by atoms with Crippen molar-refractivity contribution in [1.29, 1.82) is 0 Å². The summed E-state index contributed by atoms with van der Waals surface area (Å²) in [5.41, 5.74) is 1.52. The standard InChI is InChI=1S/C15H21NO2/c1-9-6-7-11(17)10(8-9)12(18)16-13-14(2,3)15(13,4)5/h6-8,13,17H,1-5H3,(H,16,18). The van der Waals surface area contributed by atoms with Crippen LogP contribution in [0.15, 0.2) is 18.2 Å². The molecule has 0 heterocycles. The first kappa shape index (κ1) is 12.9. The van der Waals surface area contributed by atoms with E-state index in [0.717, 1.165) is 5.56 Å². The van der Waals surface area contributed by atoms with Crippen molar-refractivity contribution in [2.24, 2.45) is 10.8 Å². The summed E-state index contributed by atoms with van der Waals surface area (Å²) >= 11 is 0. The van der Waals surface area contributed by atoms with Gasteiger partial charge in [0, 0.05) is 6.04 Å². The highest BCUT2D eigenvalue weighted by molar-refractivity contribution is 5.97. The molecule has 0 aromatic heterocycles. The van der Waals surface area contributed by atoms with Crippen LogP contribution >= 0.6 is 0 Å². The van der Waals surface area contributed by atoms with E-state index >= 15 is 0 Å². The van der Waals surface area contributed by atoms with Gasteiger partial charge in [0.25, 0.3) is 5.91 Å². The maximum atomic E-state index is 12.2. The number of hydrogen-bond donors (Lipinski definition) is 2. The first-order valence-electron chi connectivity index (χ1n) is 6.28. The molecule has 2 N–H and O–H groups in total. The van der Waals surface area contributed by atoms with Crippen LogP contribution in [0, 0.1) is 17.8 Å². The fourth-order valence-corrected chi connectivity index (χ4v) is 2.60. The molecular formula is C15H21NO2. The second-order valence-electron chi connectivity index (χ2n) is 6.37. The van der Waals surface area contributed by atoms with Crippen LogP contribution in [0.4, 0.5) is 0 Å². The highest BCUT2D eigenvalue weighted by atomic mass is 16.3. The summed E-state index contributed by atoms with van der Waals surface area (Å²) in [7, 11) is 0. The Hall–Kier alpha value is -1.51. The molecule has 0 saturated heterocycles. The third-order valence-corrected chi connectivity index (χ3v) is 4.69. The molecule has 18 heavy (non-hydrogen) atoms. The van der Waals surface area contributed by atoms with Gasteiger partial charge in [-0.2, -0.15) is 0 Å². The van der Waals surface area contributed by atoms with Crippen molar-refractivity contribution >= 4 is 5.91 Å². The second kappa shape index (κ2) is 3.74. The number of amides is 1. The van der Waals surface area contributed by atoms with E-state index in [1.165, 1.54) is 0 Å². The molecule has 0 bridgehead atoms. The van der Waals surface area contributed by atoms with Gasteiger partial charge in [0.1, 0.15) is 5.75 Å². The highest BCUT2D eigenvalue weighted by Crippen LogP contribution is 2.62. The van der Waals surface area contributed by atoms with Gasteiger partial charge in [0.05, 0.1) is 5.56 Å². The van der Waals surface area contributed by atoms with Gasteiger partial charge in [-0.05, 0) is 29.9 Å². The Bertz CT molecular complexity index is 489. The molecule has 2 rings (SSSR count). The summed E-state index contributed by atoms with van der Waals surface area (Å²) in [6.45, 7) is 10.5. The van der Waals surface area contributed by atoms with E-state index in [-0.39, 0.29) is 28.5 Å². The summed E-state index contributed by atoms with van der Waals surface area (Å²) in [5, 5.41) is 12.8. The van der Waals surface area contributed by atoms with Gasteiger partial charge in [0.15, 0.2) is 0 Å². The number of aromatic hydroxyl groups is 1. The van der Waals surface area contributed by atoms with Gasteiger partial charge in [-0.1, -0.05) is 39.3 Å². The Morgan fingerprint density at radius 1 is 1.22 bits per heavy atom.